The Morgan fingerprint density at radius 3 is 2.81 bits per heavy atom. The van der Waals surface area contributed by atoms with Crippen LogP contribution in [0.4, 0.5) is 0 Å². The van der Waals surface area contributed by atoms with Gasteiger partial charge in [-0.1, -0.05) is 24.3 Å². The molecule has 5 aromatic rings. The van der Waals surface area contributed by atoms with Crippen molar-refractivity contribution in [2.45, 2.75) is 6.54 Å². The van der Waals surface area contributed by atoms with Crippen LogP contribution in [0, 0.1) is 0 Å². The van der Waals surface area contributed by atoms with E-state index in [0.29, 0.717) is 17.7 Å². The third-order valence-electron chi connectivity index (χ3n) is 4.73. The lowest BCUT2D eigenvalue weighted by Gasteiger charge is -2.10. The fourth-order valence-electron chi connectivity index (χ4n) is 3.39. The highest BCUT2D eigenvalue weighted by atomic mass is 16.1. The fourth-order valence-corrected chi connectivity index (χ4v) is 3.39. The van der Waals surface area contributed by atoms with Gasteiger partial charge >= 0.3 is 0 Å². The Morgan fingerprint density at radius 1 is 0.889 bits per heavy atom. The van der Waals surface area contributed by atoms with Gasteiger partial charge in [0.2, 0.25) is 0 Å². The largest absolute Gasteiger partial charge is 0.323 e. The second-order valence-electron chi connectivity index (χ2n) is 6.49. The summed E-state index contributed by atoms with van der Waals surface area (Å²) in [7, 11) is 0. The lowest BCUT2D eigenvalue weighted by Crippen LogP contribution is -2.21. The zero-order valence-electron chi connectivity index (χ0n) is 14.5. The molecular formula is C22H16N4O. The Kier molecular flexibility index (Phi) is 3.57. The summed E-state index contributed by atoms with van der Waals surface area (Å²) in [6.45, 7) is 0.453. The maximum absolute atomic E-state index is 12.4. The van der Waals surface area contributed by atoms with Gasteiger partial charge in [0.25, 0.3) is 5.56 Å². The molecule has 5 rings (SSSR count). The second kappa shape index (κ2) is 6.21. The Bertz CT molecular complexity index is 1330. The highest BCUT2D eigenvalue weighted by molar-refractivity contribution is 5.69. The molecule has 0 spiro atoms. The SMILES string of the molecule is O=c1cnc2cccnc2n1Cc1cccc(-c2ccc3cccn3c2)c1. The molecule has 0 atom stereocenters. The molecule has 0 N–H and O–H groups in total. The van der Waals surface area contributed by atoms with Crippen molar-refractivity contribution >= 4 is 16.7 Å². The van der Waals surface area contributed by atoms with Gasteiger partial charge in [0.15, 0.2) is 5.65 Å². The minimum Gasteiger partial charge on any atom is -0.323 e. The molecule has 27 heavy (non-hydrogen) atoms. The predicted octanol–water partition coefficient (Wildman–Crippen LogP) is 3.76. The van der Waals surface area contributed by atoms with Crippen LogP contribution in [0.25, 0.3) is 27.8 Å². The molecular weight excluding hydrogens is 336 g/mol. The Labute approximate surface area is 155 Å². The van der Waals surface area contributed by atoms with Crippen molar-refractivity contribution < 1.29 is 0 Å². The number of hydrogen-bond acceptors (Lipinski definition) is 3. The molecule has 4 heterocycles. The van der Waals surface area contributed by atoms with Gasteiger partial charge in [0.1, 0.15) is 5.52 Å². The number of rotatable bonds is 3. The van der Waals surface area contributed by atoms with E-state index >= 15 is 0 Å². The van der Waals surface area contributed by atoms with E-state index in [-0.39, 0.29) is 5.56 Å². The molecule has 0 aliphatic heterocycles. The number of benzene rings is 1. The van der Waals surface area contributed by atoms with Crippen molar-refractivity contribution in [2.24, 2.45) is 0 Å². The Morgan fingerprint density at radius 2 is 1.85 bits per heavy atom. The first-order valence-corrected chi connectivity index (χ1v) is 8.74. The van der Waals surface area contributed by atoms with Crippen LogP contribution in [-0.2, 0) is 6.54 Å². The van der Waals surface area contributed by atoms with Crippen molar-refractivity contribution in [3.05, 3.63) is 101 Å². The van der Waals surface area contributed by atoms with E-state index in [1.807, 2.05) is 36.5 Å². The van der Waals surface area contributed by atoms with Crippen LogP contribution in [0.3, 0.4) is 0 Å². The molecule has 130 valence electrons. The molecule has 1 aromatic carbocycles. The topological polar surface area (TPSA) is 52.2 Å². The highest BCUT2D eigenvalue weighted by Gasteiger charge is 2.07. The summed E-state index contributed by atoms with van der Waals surface area (Å²) in [5.74, 6) is 0. The normalized spacial score (nSPS) is 11.3. The minimum atomic E-state index is -0.152. The first-order chi connectivity index (χ1) is 13.3. The van der Waals surface area contributed by atoms with Gasteiger partial charge in [0, 0.05) is 24.1 Å². The number of aromatic nitrogens is 4. The van der Waals surface area contributed by atoms with E-state index in [9.17, 15) is 4.79 Å². The first kappa shape index (κ1) is 15.5. The first-order valence-electron chi connectivity index (χ1n) is 8.74. The third-order valence-corrected chi connectivity index (χ3v) is 4.73. The molecule has 0 bridgehead atoms. The second-order valence-corrected chi connectivity index (χ2v) is 6.49. The molecule has 0 fully saturated rings. The lowest BCUT2D eigenvalue weighted by molar-refractivity contribution is 0.775. The van der Waals surface area contributed by atoms with Crippen molar-refractivity contribution in [3.63, 3.8) is 0 Å². The summed E-state index contributed by atoms with van der Waals surface area (Å²) in [6.07, 6.45) is 7.19. The number of hydrogen-bond donors (Lipinski definition) is 0. The molecule has 4 aromatic heterocycles. The zero-order valence-corrected chi connectivity index (χ0v) is 14.5. The van der Waals surface area contributed by atoms with E-state index in [2.05, 4.69) is 50.9 Å². The van der Waals surface area contributed by atoms with E-state index in [0.717, 1.165) is 22.2 Å². The molecule has 0 saturated heterocycles. The Hall–Kier alpha value is -3.73. The average molecular weight is 352 g/mol. The summed E-state index contributed by atoms with van der Waals surface area (Å²) in [4.78, 5) is 20.9. The summed E-state index contributed by atoms with van der Waals surface area (Å²) in [6, 6.07) is 20.3. The molecule has 0 unspecified atom stereocenters. The van der Waals surface area contributed by atoms with Crippen LogP contribution < -0.4 is 5.56 Å². The molecule has 0 aliphatic carbocycles. The quantitative estimate of drug-likeness (QED) is 0.497. The Balaban J connectivity index is 1.57. The number of fused-ring (bicyclic) bond motifs is 2. The van der Waals surface area contributed by atoms with Gasteiger partial charge in [-0.3, -0.25) is 9.36 Å². The van der Waals surface area contributed by atoms with Gasteiger partial charge < -0.3 is 4.40 Å². The number of pyridine rings is 2. The average Bonchev–Trinajstić information content (AvgIpc) is 3.18. The monoisotopic (exact) mass is 352 g/mol. The van der Waals surface area contributed by atoms with Gasteiger partial charge in [0.05, 0.1) is 12.7 Å². The zero-order chi connectivity index (χ0) is 18.2. The van der Waals surface area contributed by atoms with Gasteiger partial charge in [-0.2, -0.15) is 0 Å². The summed E-state index contributed by atoms with van der Waals surface area (Å²) in [5.41, 5.74) is 5.61. The van der Waals surface area contributed by atoms with E-state index in [4.69, 9.17) is 0 Å². The van der Waals surface area contributed by atoms with Crippen molar-refractivity contribution in [2.75, 3.05) is 0 Å². The molecule has 0 amide bonds. The summed E-state index contributed by atoms with van der Waals surface area (Å²) >= 11 is 0. The van der Waals surface area contributed by atoms with Gasteiger partial charge in [-0.25, -0.2) is 9.97 Å². The van der Waals surface area contributed by atoms with E-state index in [1.165, 1.54) is 6.20 Å². The fraction of sp³-hybridized carbons (Fsp3) is 0.0455. The molecule has 0 radical (unpaired) electrons. The maximum atomic E-state index is 12.4. The molecule has 5 heteroatoms. The van der Waals surface area contributed by atoms with Crippen LogP contribution in [0.2, 0.25) is 0 Å². The predicted molar refractivity (Wildman–Crippen MR) is 106 cm³/mol. The van der Waals surface area contributed by atoms with E-state index < -0.39 is 0 Å². The highest BCUT2D eigenvalue weighted by Crippen LogP contribution is 2.22. The minimum absolute atomic E-state index is 0.152. The van der Waals surface area contributed by atoms with Crippen LogP contribution in [0.5, 0.6) is 0 Å². The van der Waals surface area contributed by atoms with Gasteiger partial charge in [-0.15, -0.1) is 0 Å². The molecule has 0 saturated carbocycles. The van der Waals surface area contributed by atoms with Crippen LogP contribution in [0.15, 0.2) is 90.2 Å². The van der Waals surface area contributed by atoms with Crippen molar-refractivity contribution in [1.29, 1.82) is 0 Å². The van der Waals surface area contributed by atoms with Crippen LogP contribution in [-0.4, -0.2) is 18.9 Å². The molecule has 5 nitrogen and oxygen atoms in total. The van der Waals surface area contributed by atoms with E-state index in [1.54, 1.807) is 10.8 Å². The third kappa shape index (κ3) is 2.79. The van der Waals surface area contributed by atoms with Gasteiger partial charge in [-0.05, 0) is 53.1 Å². The van der Waals surface area contributed by atoms with Crippen molar-refractivity contribution in [1.82, 2.24) is 18.9 Å². The molecule has 0 aliphatic rings. The van der Waals surface area contributed by atoms with Crippen LogP contribution in [0.1, 0.15) is 5.56 Å². The van der Waals surface area contributed by atoms with Crippen molar-refractivity contribution in [3.8, 4) is 11.1 Å². The summed E-state index contributed by atoms with van der Waals surface area (Å²) < 4.78 is 3.77. The number of nitrogens with zero attached hydrogens (tertiary/aromatic N) is 4. The van der Waals surface area contributed by atoms with Crippen LogP contribution >= 0.6 is 0 Å². The lowest BCUT2D eigenvalue weighted by atomic mass is 10.0. The maximum Gasteiger partial charge on any atom is 0.270 e. The smallest absolute Gasteiger partial charge is 0.270 e. The standard InChI is InChI=1S/C22H16N4O/c27-21-13-24-20-7-2-10-23-22(20)26(21)14-16-4-1-5-17(12-16)18-8-9-19-6-3-11-25(19)15-18/h1-13,15H,14H2. The summed E-state index contributed by atoms with van der Waals surface area (Å²) in [5, 5.41) is 0.